The second kappa shape index (κ2) is 5.74. The maximum atomic E-state index is 4.48. The molecule has 0 radical (unpaired) electrons. The number of piperazine rings is 1. The minimum absolute atomic E-state index is 0.233. The minimum Gasteiger partial charge on any atom is -0.311 e. The highest BCUT2D eigenvalue weighted by atomic mass is 15.3. The summed E-state index contributed by atoms with van der Waals surface area (Å²) in [5.74, 6) is 0. The van der Waals surface area contributed by atoms with Crippen molar-refractivity contribution in [2.24, 2.45) is 0 Å². The molecule has 1 N–H and O–H groups in total. The number of hydrogen-bond donors (Lipinski definition) is 1. The van der Waals surface area contributed by atoms with Crippen LogP contribution in [0.1, 0.15) is 32.8 Å². The summed E-state index contributed by atoms with van der Waals surface area (Å²) in [5.41, 5.74) is 2.71. The van der Waals surface area contributed by atoms with Gasteiger partial charge in [-0.25, -0.2) is 0 Å². The van der Waals surface area contributed by atoms with Gasteiger partial charge in [-0.05, 0) is 38.0 Å². The fourth-order valence-electron chi connectivity index (χ4n) is 3.22. The Kier molecular flexibility index (Phi) is 3.96. The Hall–Kier alpha value is -1.45. The van der Waals surface area contributed by atoms with Gasteiger partial charge in [-0.15, -0.1) is 0 Å². The van der Waals surface area contributed by atoms with E-state index >= 15 is 0 Å². The first kappa shape index (κ1) is 14.5. The lowest BCUT2D eigenvalue weighted by atomic mass is 9.91. The monoisotopic (exact) mass is 283 g/mol. The molecule has 3 heteroatoms. The van der Waals surface area contributed by atoms with E-state index in [0.717, 1.165) is 31.6 Å². The molecular formula is C18H25N3. The van der Waals surface area contributed by atoms with Gasteiger partial charge in [-0.3, -0.25) is 9.88 Å². The quantitative estimate of drug-likeness (QED) is 0.937. The summed E-state index contributed by atoms with van der Waals surface area (Å²) >= 11 is 0. The lowest BCUT2D eigenvalue weighted by Crippen LogP contribution is -2.61. The number of benzene rings is 1. The van der Waals surface area contributed by atoms with Crippen LogP contribution in [0, 0.1) is 0 Å². The van der Waals surface area contributed by atoms with Gasteiger partial charge in [-0.2, -0.15) is 0 Å². The summed E-state index contributed by atoms with van der Waals surface area (Å²) in [6.07, 6.45) is 3.10. The first-order valence-corrected chi connectivity index (χ1v) is 7.93. The van der Waals surface area contributed by atoms with Gasteiger partial charge in [-0.1, -0.05) is 25.1 Å². The van der Waals surface area contributed by atoms with E-state index in [-0.39, 0.29) is 5.54 Å². The zero-order valence-electron chi connectivity index (χ0n) is 13.3. The third-order valence-electron chi connectivity index (χ3n) is 4.95. The Bertz CT molecular complexity index is 619. The Morgan fingerprint density at radius 2 is 2.14 bits per heavy atom. The van der Waals surface area contributed by atoms with E-state index in [1.807, 2.05) is 6.20 Å². The van der Waals surface area contributed by atoms with Gasteiger partial charge >= 0.3 is 0 Å². The molecule has 112 valence electrons. The average molecular weight is 283 g/mol. The number of nitrogens with zero attached hydrogens (tertiary/aromatic N) is 2. The van der Waals surface area contributed by atoms with Gasteiger partial charge in [0.2, 0.25) is 0 Å². The Labute approximate surface area is 127 Å². The fraction of sp³-hybridized carbons (Fsp3) is 0.500. The third-order valence-corrected chi connectivity index (χ3v) is 4.95. The van der Waals surface area contributed by atoms with Crippen LogP contribution in [0.5, 0.6) is 0 Å². The highest BCUT2D eigenvalue weighted by Crippen LogP contribution is 2.27. The molecule has 21 heavy (non-hydrogen) atoms. The van der Waals surface area contributed by atoms with Crippen molar-refractivity contribution < 1.29 is 0 Å². The van der Waals surface area contributed by atoms with Gasteiger partial charge < -0.3 is 5.32 Å². The van der Waals surface area contributed by atoms with Gasteiger partial charge in [0, 0.05) is 42.8 Å². The van der Waals surface area contributed by atoms with Crippen molar-refractivity contribution in [3.8, 4) is 0 Å². The van der Waals surface area contributed by atoms with E-state index in [1.54, 1.807) is 0 Å². The molecule has 1 saturated heterocycles. The molecule has 1 aliphatic heterocycles. The summed E-state index contributed by atoms with van der Waals surface area (Å²) in [6, 6.07) is 11.2. The lowest BCUT2D eigenvalue weighted by Gasteiger charge is -2.47. The fourth-order valence-corrected chi connectivity index (χ4v) is 3.22. The number of nitrogens with one attached hydrogen (secondary N) is 1. The van der Waals surface area contributed by atoms with E-state index in [9.17, 15) is 0 Å². The van der Waals surface area contributed by atoms with Crippen molar-refractivity contribution >= 4 is 10.9 Å². The maximum absolute atomic E-state index is 4.48. The van der Waals surface area contributed by atoms with Crippen molar-refractivity contribution in [3.63, 3.8) is 0 Å². The standard InChI is InChI=1S/C18H25N3/c1-4-18(3)13-20-14(2)11-21(18)12-15-9-10-19-17-8-6-5-7-16(15)17/h5-10,14,20H,4,11-13H2,1-3H3. The number of fused-ring (bicyclic) bond motifs is 1. The zero-order valence-corrected chi connectivity index (χ0v) is 13.3. The summed E-state index contributed by atoms with van der Waals surface area (Å²) in [5, 5.41) is 4.90. The van der Waals surface area contributed by atoms with E-state index < -0.39 is 0 Å². The molecule has 0 bridgehead atoms. The molecule has 3 rings (SSSR count). The smallest absolute Gasteiger partial charge is 0.0705 e. The Balaban J connectivity index is 1.93. The minimum atomic E-state index is 0.233. The second-order valence-electron chi connectivity index (χ2n) is 6.50. The lowest BCUT2D eigenvalue weighted by molar-refractivity contribution is 0.0457. The number of hydrogen-bond acceptors (Lipinski definition) is 3. The Morgan fingerprint density at radius 1 is 1.33 bits per heavy atom. The predicted molar refractivity (Wildman–Crippen MR) is 88.3 cm³/mol. The summed E-state index contributed by atoms with van der Waals surface area (Å²) in [7, 11) is 0. The number of para-hydroxylation sites is 1. The van der Waals surface area contributed by atoms with Gasteiger partial charge in [0.15, 0.2) is 0 Å². The molecule has 2 heterocycles. The van der Waals surface area contributed by atoms with Crippen LogP contribution in [0.4, 0.5) is 0 Å². The molecule has 0 spiro atoms. The van der Waals surface area contributed by atoms with Crippen LogP contribution in [0.3, 0.4) is 0 Å². The summed E-state index contributed by atoms with van der Waals surface area (Å²) in [6.45, 7) is 10.1. The van der Waals surface area contributed by atoms with Crippen molar-refractivity contribution in [2.45, 2.75) is 45.3 Å². The molecule has 1 aromatic heterocycles. The van der Waals surface area contributed by atoms with Crippen LogP contribution >= 0.6 is 0 Å². The van der Waals surface area contributed by atoms with Crippen LogP contribution in [-0.4, -0.2) is 34.6 Å². The normalized spacial score (nSPS) is 27.1. The highest BCUT2D eigenvalue weighted by Gasteiger charge is 2.35. The summed E-state index contributed by atoms with van der Waals surface area (Å²) < 4.78 is 0. The molecule has 1 aliphatic rings. The average Bonchev–Trinajstić information content (AvgIpc) is 2.51. The number of pyridine rings is 1. The van der Waals surface area contributed by atoms with Crippen LogP contribution in [0.2, 0.25) is 0 Å². The molecule has 3 nitrogen and oxygen atoms in total. The molecule has 2 aromatic rings. The Morgan fingerprint density at radius 3 is 2.95 bits per heavy atom. The largest absolute Gasteiger partial charge is 0.311 e. The summed E-state index contributed by atoms with van der Waals surface area (Å²) in [4.78, 5) is 7.11. The van der Waals surface area contributed by atoms with E-state index in [1.165, 1.54) is 10.9 Å². The molecule has 1 aromatic carbocycles. The van der Waals surface area contributed by atoms with Crippen molar-refractivity contribution in [3.05, 3.63) is 42.1 Å². The van der Waals surface area contributed by atoms with Gasteiger partial charge in [0.05, 0.1) is 5.52 Å². The third kappa shape index (κ3) is 2.81. The van der Waals surface area contributed by atoms with E-state index in [2.05, 4.69) is 66.3 Å². The van der Waals surface area contributed by atoms with Crippen LogP contribution in [-0.2, 0) is 6.54 Å². The zero-order chi connectivity index (χ0) is 14.9. The van der Waals surface area contributed by atoms with Gasteiger partial charge in [0.1, 0.15) is 0 Å². The first-order chi connectivity index (χ1) is 10.1. The van der Waals surface area contributed by atoms with Crippen molar-refractivity contribution in [2.75, 3.05) is 13.1 Å². The maximum Gasteiger partial charge on any atom is 0.0705 e. The molecule has 0 saturated carbocycles. The van der Waals surface area contributed by atoms with E-state index in [0.29, 0.717) is 6.04 Å². The van der Waals surface area contributed by atoms with Crippen LogP contribution in [0.15, 0.2) is 36.5 Å². The topological polar surface area (TPSA) is 28.2 Å². The van der Waals surface area contributed by atoms with Crippen molar-refractivity contribution in [1.29, 1.82) is 0 Å². The number of aromatic nitrogens is 1. The molecule has 0 aliphatic carbocycles. The van der Waals surface area contributed by atoms with Gasteiger partial charge in [0.25, 0.3) is 0 Å². The molecular weight excluding hydrogens is 258 g/mol. The molecule has 2 unspecified atom stereocenters. The van der Waals surface area contributed by atoms with Crippen molar-refractivity contribution in [1.82, 2.24) is 15.2 Å². The first-order valence-electron chi connectivity index (χ1n) is 7.93. The predicted octanol–water partition coefficient (Wildman–Crippen LogP) is 3.20. The van der Waals surface area contributed by atoms with Crippen LogP contribution < -0.4 is 5.32 Å². The number of rotatable bonds is 3. The second-order valence-corrected chi connectivity index (χ2v) is 6.50. The highest BCUT2D eigenvalue weighted by molar-refractivity contribution is 5.81. The molecule has 0 amide bonds. The SMILES string of the molecule is CCC1(C)CNC(C)CN1Cc1ccnc2ccccc12. The van der Waals surface area contributed by atoms with Crippen LogP contribution in [0.25, 0.3) is 10.9 Å². The van der Waals surface area contributed by atoms with E-state index in [4.69, 9.17) is 0 Å². The molecule has 2 atom stereocenters. The molecule has 1 fully saturated rings.